The predicted octanol–water partition coefficient (Wildman–Crippen LogP) is 3.67. The molecule has 0 bridgehead atoms. The molecule has 16 heavy (non-hydrogen) atoms. The third kappa shape index (κ3) is 5.94. The van der Waals surface area contributed by atoms with Crippen LogP contribution < -0.4 is 5.32 Å². The number of hydrogen-bond donors (Lipinski definition) is 1. The van der Waals surface area contributed by atoms with Crippen molar-refractivity contribution in [3.63, 3.8) is 0 Å². The number of amides is 1. The molecule has 0 aromatic heterocycles. The first-order valence-corrected chi connectivity index (χ1v) is 6.50. The first-order chi connectivity index (χ1) is 7.52. The lowest BCUT2D eigenvalue weighted by atomic mass is 9.93. The summed E-state index contributed by atoms with van der Waals surface area (Å²) in [7, 11) is 0. The van der Waals surface area contributed by atoms with Gasteiger partial charge in [-0.1, -0.05) is 52.7 Å². The van der Waals surface area contributed by atoms with Crippen LogP contribution in [0.1, 0.15) is 59.8 Å². The largest absolute Gasteiger partial charge is 0.350 e. The molecule has 1 atom stereocenters. The Balaban J connectivity index is 4.30. The van der Waals surface area contributed by atoms with Crippen molar-refractivity contribution in [1.82, 2.24) is 5.32 Å². The standard InChI is InChI=1S/C14H27NO/c1-6-8-10-13(12(5)11(3)4)15-14(16)9-7-2/h11,13H,5-10H2,1-4H3,(H,15,16). The van der Waals surface area contributed by atoms with Gasteiger partial charge >= 0.3 is 0 Å². The maximum absolute atomic E-state index is 11.6. The molecule has 0 radical (unpaired) electrons. The Hall–Kier alpha value is -0.790. The average Bonchev–Trinajstić information content (AvgIpc) is 2.23. The van der Waals surface area contributed by atoms with Crippen LogP contribution in [0.5, 0.6) is 0 Å². The van der Waals surface area contributed by atoms with Gasteiger partial charge in [0.05, 0.1) is 0 Å². The van der Waals surface area contributed by atoms with Gasteiger partial charge in [-0.25, -0.2) is 0 Å². The normalized spacial score (nSPS) is 12.6. The van der Waals surface area contributed by atoms with E-state index >= 15 is 0 Å². The third-order valence-corrected chi connectivity index (χ3v) is 2.85. The molecular weight excluding hydrogens is 198 g/mol. The highest BCUT2D eigenvalue weighted by Crippen LogP contribution is 2.16. The highest BCUT2D eigenvalue weighted by Gasteiger charge is 2.16. The number of hydrogen-bond acceptors (Lipinski definition) is 1. The van der Waals surface area contributed by atoms with Crippen molar-refractivity contribution in [2.24, 2.45) is 5.92 Å². The smallest absolute Gasteiger partial charge is 0.220 e. The topological polar surface area (TPSA) is 29.1 Å². The number of rotatable bonds is 8. The van der Waals surface area contributed by atoms with Crippen molar-refractivity contribution in [3.05, 3.63) is 12.2 Å². The van der Waals surface area contributed by atoms with Crippen molar-refractivity contribution in [1.29, 1.82) is 0 Å². The fourth-order valence-electron chi connectivity index (χ4n) is 1.65. The second-order valence-corrected chi connectivity index (χ2v) is 4.74. The van der Waals surface area contributed by atoms with Crippen molar-refractivity contribution in [2.75, 3.05) is 0 Å². The van der Waals surface area contributed by atoms with Gasteiger partial charge in [0.2, 0.25) is 5.91 Å². The first kappa shape index (κ1) is 15.2. The van der Waals surface area contributed by atoms with Gasteiger partial charge in [0.15, 0.2) is 0 Å². The number of carbonyl (C=O) groups excluding carboxylic acids is 1. The molecule has 0 saturated heterocycles. The molecule has 1 unspecified atom stereocenters. The van der Waals surface area contributed by atoms with Crippen LogP contribution in [0.4, 0.5) is 0 Å². The van der Waals surface area contributed by atoms with E-state index in [1.807, 2.05) is 6.92 Å². The van der Waals surface area contributed by atoms with Crippen LogP contribution in [-0.4, -0.2) is 11.9 Å². The molecule has 0 aromatic carbocycles. The van der Waals surface area contributed by atoms with Gasteiger partial charge in [0.25, 0.3) is 0 Å². The molecule has 0 aliphatic carbocycles. The minimum absolute atomic E-state index is 0.158. The van der Waals surface area contributed by atoms with Crippen molar-refractivity contribution >= 4 is 5.91 Å². The summed E-state index contributed by atoms with van der Waals surface area (Å²) in [5.74, 6) is 0.592. The number of nitrogens with one attached hydrogen (secondary N) is 1. The summed E-state index contributed by atoms with van der Waals surface area (Å²) in [5.41, 5.74) is 1.15. The Labute approximate surface area is 101 Å². The summed E-state index contributed by atoms with van der Waals surface area (Å²) in [5, 5.41) is 3.10. The molecule has 0 aliphatic rings. The Morgan fingerprint density at radius 2 is 1.88 bits per heavy atom. The lowest BCUT2D eigenvalue weighted by molar-refractivity contribution is -0.121. The van der Waals surface area contributed by atoms with Gasteiger partial charge in [-0.05, 0) is 18.8 Å². The molecule has 94 valence electrons. The van der Waals surface area contributed by atoms with Gasteiger partial charge in [0, 0.05) is 12.5 Å². The van der Waals surface area contributed by atoms with Crippen LogP contribution in [0.15, 0.2) is 12.2 Å². The fourth-order valence-corrected chi connectivity index (χ4v) is 1.65. The molecule has 1 N–H and O–H groups in total. The van der Waals surface area contributed by atoms with Crippen LogP contribution in [0, 0.1) is 5.92 Å². The van der Waals surface area contributed by atoms with Gasteiger partial charge in [-0.2, -0.15) is 0 Å². The van der Waals surface area contributed by atoms with Crippen molar-refractivity contribution in [2.45, 2.75) is 65.8 Å². The molecule has 0 saturated carbocycles. The molecule has 0 heterocycles. The molecule has 1 amide bonds. The van der Waals surface area contributed by atoms with E-state index in [4.69, 9.17) is 0 Å². The summed E-state index contributed by atoms with van der Waals surface area (Å²) in [6.45, 7) is 12.6. The highest BCUT2D eigenvalue weighted by molar-refractivity contribution is 5.76. The predicted molar refractivity (Wildman–Crippen MR) is 70.3 cm³/mol. The van der Waals surface area contributed by atoms with Gasteiger partial charge in [-0.15, -0.1) is 0 Å². The fraction of sp³-hybridized carbons (Fsp3) is 0.786. The maximum atomic E-state index is 11.6. The molecule has 2 nitrogen and oxygen atoms in total. The van der Waals surface area contributed by atoms with E-state index in [0.717, 1.165) is 31.3 Å². The van der Waals surface area contributed by atoms with Gasteiger partial charge < -0.3 is 5.32 Å². The van der Waals surface area contributed by atoms with Crippen LogP contribution in [0.3, 0.4) is 0 Å². The zero-order valence-electron chi connectivity index (χ0n) is 11.3. The molecular formula is C14H27NO. The quantitative estimate of drug-likeness (QED) is 0.627. The minimum atomic E-state index is 0.158. The summed E-state index contributed by atoms with van der Waals surface area (Å²) < 4.78 is 0. The van der Waals surface area contributed by atoms with Crippen LogP contribution in [0.25, 0.3) is 0 Å². The maximum Gasteiger partial charge on any atom is 0.220 e. The van der Waals surface area contributed by atoms with Gasteiger partial charge in [0.1, 0.15) is 0 Å². The molecule has 0 aliphatic heterocycles. The van der Waals surface area contributed by atoms with E-state index in [1.54, 1.807) is 0 Å². The zero-order valence-corrected chi connectivity index (χ0v) is 11.3. The Morgan fingerprint density at radius 1 is 1.25 bits per heavy atom. The molecule has 2 heteroatoms. The minimum Gasteiger partial charge on any atom is -0.350 e. The summed E-state index contributed by atoms with van der Waals surface area (Å²) >= 11 is 0. The van der Waals surface area contributed by atoms with Crippen LogP contribution in [-0.2, 0) is 4.79 Å². The SMILES string of the molecule is C=C(C(C)C)C(CCCC)NC(=O)CCC. The third-order valence-electron chi connectivity index (χ3n) is 2.85. The van der Waals surface area contributed by atoms with E-state index in [2.05, 4.69) is 32.7 Å². The molecule has 0 spiro atoms. The van der Waals surface area contributed by atoms with E-state index < -0.39 is 0 Å². The summed E-state index contributed by atoms with van der Waals surface area (Å²) in [4.78, 5) is 11.6. The van der Waals surface area contributed by atoms with Crippen LogP contribution in [0.2, 0.25) is 0 Å². The lowest BCUT2D eigenvalue weighted by Crippen LogP contribution is -2.37. The molecule has 0 rings (SSSR count). The van der Waals surface area contributed by atoms with Crippen LogP contribution >= 0.6 is 0 Å². The monoisotopic (exact) mass is 225 g/mol. The highest BCUT2D eigenvalue weighted by atomic mass is 16.1. The Bertz CT molecular complexity index is 221. The number of carbonyl (C=O) groups is 1. The summed E-state index contributed by atoms with van der Waals surface area (Å²) in [6.07, 6.45) is 4.84. The zero-order chi connectivity index (χ0) is 12.6. The summed E-state index contributed by atoms with van der Waals surface area (Å²) in [6, 6.07) is 0.166. The Morgan fingerprint density at radius 3 is 2.31 bits per heavy atom. The molecule has 0 fully saturated rings. The van der Waals surface area contributed by atoms with Crippen molar-refractivity contribution in [3.8, 4) is 0 Å². The Kier molecular flexibility index (Phi) is 7.96. The van der Waals surface area contributed by atoms with E-state index in [1.165, 1.54) is 0 Å². The molecule has 0 aromatic rings. The van der Waals surface area contributed by atoms with E-state index in [-0.39, 0.29) is 11.9 Å². The van der Waals surface area contributed by atoms with E-state index in [0.29, 0.717) is 12.3 Å². The lowest BCUT2D eigenvalue weighted by Gasteiger charge is -2.23. The van der Waals surface area contributed by atoms with Crippen molar-refractivity contribution < 1.29 is 4.79 Å². The number of unbranched alkanes of at least 4 members (excludes halogenated alkanes) is 1. The van der Waals surface area contributed by atoms with E-state index in [9.17, 15) is 4.79 Å². The van der Waals surface area contributed by atoms with Gasteiger partial charge in [-0.3, -0.25) is 4.79 Å². The average molecular weight is 225 g/mol. The first-order valence-electron chi connectivity index (χ1n) is 6.50. The second kappa shape index (κ2) is 8.37. The second-order valence-electron chi connectivity index (χ2n) is 4.74.